The summed E-state index contributed by atoms with van der Waals surface area (Å²) in [5, 5.41) is 19.7. The molecule has 0 amide bonds. The van der Waals surface area contributed by atoms with Gasteiger partial charge in [0, 0.05) is 6.04 Å². The maximum Gasteiger partial charge on any atom is 0.313 e. The Morgan fingerprint density at radius 1 is 1.33 bits per heavy atom. The van der Waals surface area contributed by atoms with Gasteiger partial charge in [-0.3, -0.25) is 9.69 Å². The minimum absolute atomic E-state index is 0.181. The number of piperidine rings is 1. The van der Waals surface area contributed by atoms with Gasteiger partial charge in [0.15, 0.2) is 0 Å². The molecule has 0 aromatic rings. The molecule has 2 rings (SSSR count). The summed E-state index contributed by atoms with van der Waals surface area (Å²) in [5.41, 5.74) is 0. The molecule has 0 aromatic carbocycles. The number of carbonyl (C=O) groups is 1. The Kier molecular flexibility index (Phi) is 2.70. The second-order valence-corrected chi connectivity index (χ2v) is 4.46. The van der Waals surface area contributed by atoms with Crippen molar-refractivity contribution in [1.82, 2.24) is 4.90 Å². The van der Waals surface area contributed by atoms with Crippen LogP contribution in [0.15, 0.2) is 0 Å². The van der Waals surface area contributed by atoms with Crippen LogP contribution in [0.25, 0.3) is 0 Å². The third-order valence-electron chi connectivity index (χ3n) is 3.72. The lowest BCUT2D eigenvalue weighted by atomic mass is 9.87. The number of rotatable bonds is 1. The molecular weight excluding hydrogens is 198 g/mol. The van der Waals surface area contributed by atoms with Crippen molar-refractivity contribution >= 4 is 5.97 Å². The Hall–Kier alpha value is -0.650. The van der Waals surface area contributed by atoms with Gasteiger partial charge in [-0.2, -0.15) is 0 Å². The maximum atomic E-state index is 11.5. The monoisotopic (exact) mass is 215 g/mol. The molecule has 0 unspecified atom stereocenters. The normalized spacial score (nSPS) is 45.5. The molecule has 2 aliphatic rings. The van der Waals surface area contributed by atoms with Crippen molar-refractivity contribution < 1.29 is 19.7 Å². The molecule has 5 heteroatoms. The van der Waals surface area contributed by atoms with Crippen LogP contribution in [-0.4, -0.2) is 59.5 Å². The van der Waals surface area contributed by atoms with Crippen molar-refractivity contribution in [3.8, 4) is 0 Å². The van der Waals surface area contributed by atoms with E-state index in [0.29, 0.717) is 12.8 Å². The molecule has 2 heterocycles. The van der Waals surface area contributed by atoms with Crippen LogP contribution in [0.3, 0.4) is 0 Å². The van der Waals surface area contributed by atoms with Crippen LogP contribution in [0.5, 0.6) is 0 Å². The van der Waals surface area contributed by atoms with Crippen molar-refractivity contribution in [1.29, 1.82) is 0 Å². The fraction of sp³-hybridized carbons (Fsp3) is 0.900. The summed E-state index contributed by atoms with van der Waals surface area (Å²) < 4.78 is 4.67. The molecule has 0 aliphatic carbocycles. The van der Waals surface area contributed by atoms with E-state index in [2.05, 4.69) is 4.74 Å². The van der Waals surface area contributed by atoms with Crippen molar-refractivity contribution in [2.75, 3.05) is 14.2 Å². The highest BCUT2D eigenvalue weighted by Crippen LogP contribution is 2.38. The molecule has 2 N–H and O–H groups in total. The molecule has 15 heavy (non-hydrogen) atoms. The first-order chi connectivity index (χ1) is 7.06. The predicted molar refractivity (Wildman–Crippen MR) is 52.1 cm³/mol. The predicted octanol–water partition coefficient (Wildman–Crippen LogP) is -1.03. The summed E-state index contributed by atoms with van der Waals surface area (Å²) in [6.07, 6.45) is -0.0720. The lowest BCUT2D eigenvalue weighted by Gasteiger charge is -2.39. The standard InChI is InChI=1S/C10H17NO4/c1-11-5-3-6(12)8(10(14)15-2)9(11)7(13)4-5/h5-9,12-13H,3-4H2,1-2H3/t5-,6-,7-,8+,9-/m1/s1. The smallest absolute Gasteiger partial charge is 0.313 e. The number of hydrogen-bond acceptors (Lipinski definition) is 5. The van der Waals surface area contributed by atoms with Gasteiger partial charge in [-0.1, -0.05) is 0 Å². The average molecular weight is 215 g/mol. The van der Waals surface area contributed by atoms with Gasteiger partial charge < -0.3 is 14.9 Å². The lowest BCUT2D eigenvalue weighted by molar-refractivity contribution is -0.157. The van der Waals surface area contributed by atoms with E-state index >= 15 is 0 Å². The van der Waals surface area contributed by atoms with Crippen LogP contribution in [0.2, 0.25) is 0 Å². The van der Waals surface area contributed by atoms with Gasteiger partial charge in [0.25, 0.3) is 0 Å². The molecule has 2 saturated heterocycles. The number of likely N-dealkylation sites (N-methyl/N-ethyl adjacent to an activating group) is 1. The van der Waals surface area contributed by atoms with E-state index in [1.54, 1.807) is 0 Å². The number of methoxy groups -OCH3 is 1. The number of fused-ring (bicyclic) bond motifs is 2. The Bertz CT molecular complexity index is 270. The molecule has 5 nitrogen and oxygen atoms in total. The Balaban J connectivity index is 2.25. The molecular formula is C10H17NO4. The summed E-state index contributed by atoms with van der Waals surface area (Å²) >= 11 is 0. The van der Waals surface area contributed by atoms with Crippen molar-refractivity contribution in [2.24, 2.45) is 5.92 Å². The molecule has 86 valence electrons. The van der Waals surface area contributed by atoms with Crippen molar-refractivity contribution in [3.05, 3.63) is 0 Å². The third kappa shape index (κ3) is 1.55. The van der Waals surface area contributed by atoms with E-state index in [9.17, 15) is 15.0 Å². The number of aliphatic hydroxyl groups excluding tert-OH is 2. The van der Waals surface area contributed by atoms with Crippen LogP contribution in [0, 0.1) is 5.92 Å². The van der Waals surface area contributed by atoms with Crippen molar-refractivity contribution in [2.45, 2.75) is 37.1 Å². The highest BCUT2D eigenvalue weighted by Gasteiger charge is 2.53. The molecule has 0 aromatic heterocycles. The van der Waals surface area contributed by atoms with Gasteiger partial charge in [-0.15, -0.1) is 0 Å². The third-order valence-corrected chi connectivity index (χ3v) is 3.72. The van der Waals surface area contributed by atoms with E-state index in [4.69, 9.17) is 0 Å². The molecule has 2 fully saturated rings. The minimum atomic E-state index is -0.694. The molecule has 0 spiro atoms. The number of hydrogen-bond donors (Lipinski definition) is 2. The zero-order valence-corrected chi connectivity index (χ0v) is 8.96. The van der Waals surface area contributed by atoms with Gasteiger partial charge in [0.1, 0.15) is 5.92 Å². The zero-order valence-electron chi connectivity index (χ0n) is 8.96. The highest BCUT2D eigenvalue weighted by molar-refractivity contribution is 5.74. The van der Waals surface area contributed by atoms with Crippen LogP contribution >= 0.6 is 0 Å². The van der Waals surface area contributed by atoms with E-state index in [1.165, 1.54) is 7.11 Å². The number of carbonyl (C=O) groups excluding carboxylic acids is 1. The topological polar surface area (TPSA) is 70.0 Å². The van der Waals surface area contributed by atoms with Crippen molar-refractivity contribution in [3.63, 3.8) is 0 Å². The van der Waals surface area contributed by atoms with Crippen LogP contribution in [0.4, 0.5) is 0 Å². The largest absolute Gasteiger partial charge is 0.469 e. The first-order valence-electron chi connectivity index (χ1n) is 5.22. The summed E-state index contributed by atoms with van der Waals surface area (Å²) in [5.74, 6) is -1.05. The first kappa shape index (κ1) is 10.9. The van der Waals surface area contributed by atoms with E-state index in [1.807, 2.05) is 11.9 Å². The minimum Gasteiger partial charge on any atom is -0.469 e. The van der Waals surface area contributed by atoms with Crippen LogP contribution in [-0.2, 0) is 9.53 Å². The summed E-state index contributed by atoms with van der Waals surface area (Å²) in [7, 11) is 3.19. The number of ether oxygens (including phenoxy) is 1. The number of esters is 1. The number of nitrogens with zero attached hydrogens (tertiary/aromatic N) is 1. The van der Waals surface area contributed by atoms with E-state index in [0.717, 1.165) is 0 Å². The SMILES string of the molecule is COC(=O)[C@@H]1[C@H]2[C@H](O)C[C@@H](C[C@H]1O)N2C. The van der Waals surface area contributed by atoms with E-state index < -0.39 is 24.1 Å². The summed E-state index contributed by atoms with van der Waals surface area (Å²) in [6, 6.07) is -0.118. The Morgan fingerprint density at radius 2 is 1.93 bits per heavy atom. The van der Waals surface area contributed by atoms with Gasteiger partial charge in [-0.05, 0) is 19.9 Å². The second kappa shape index (κ2) is 3.73. The molecule has 2 bridgehead atoms. The fourth-order valence-corrected chi connectivity index (χ4v) is 2.94. The van der Waals surface area contributed by atoms with Gasteiger partial charge in [0.05, 0.1) is 25.4 Å². The zero-order chi connectivity index (χ0) is 11.2. The Labute approximate surface area is 88.6 Å². The summed E-state index contributed by atoms with van der Waals surface area (Å²) in [6.45, 7) is 0. The van der Waals surface area contributed by atoms with Gasteiger partial charge >= 0.3 is 5.97 Å². The maximum absolute atomic E-state index is 11.5. The fourth-order valence-electron chi connectivity index (χ4n) is 2.94. The number of aliphatic hydroxyl groups is 2. The lowest BCUT2D eigenvalue weighted by Crippen LogP contribution is -2.54. The highest BCUT2D eigenvalue weighted by atomic mass is 16.5. The van der Waals surface area contributed by atoms with Crippen LogP contribution in [0.1, 0.15) is 12.8 Å². The van der Waals surface area contributed by atoms with Crippen LogP contribution < -0.4 is 0 Å². The first-order valence-corrected chi connectivity index (χ1v) is 5.22. The van der Waals surface area contributed by atoms with Gasteiger partial charge in [-0.25, -0.2) is 0 Å². The molecule has 5 atom stereocenters. The second-order valence-electron chi connectivity index (χ2n) is 4.46. The Morgan fingerprint density at radius 3 is 2.53 bits per heavy atom. The van der Waals surface area contributed by atoms with Gasteiger partial charge in [0.2, 0.25) is 0 Å². The molecule has 0 radical (unpaired) electrons. The summed E-state index contributed by atoms with van der Waals surface area (Å²) in [4.78, 5) is 13.5. The molecule has 0 saturated carbocycles. The van der Waals surface area contributed by atoms with E-state index in [-0.39, 0.29) is 12.1 Å². The quantitative estimate of drug-likeness (QED) is 0.548. The molecule has 2 aliphatic heterocycles. The average Bonchev–Trinajstić information content (AvgIpc) is 2.38.